The lowest BCUT2D eigenvalue weighted by molar-refractivity contribution is 0.0521. The average Bonchev–Trinajstić information content (AvgIpc) is 2.87. The van der Waals surface area contributed by atoms with Crippen molar-refractivity contribution in [1.82, 2.24) is 4.90 Å². The first-order valence-electron chi connectivity index (χ1n) is 7.66. The molecule has 102 valence electrons. The summed E-state index contributed by atoms with van der Waals surface area (Å²) in [6, 6.07) is 0.339. The third kappa shape index (κ3) is 2.85. The Hall–Kier alpha value is -0.0800. The highest BCUT2D eigenvalue weighted by Crippen LogP contribution is 2.35. The maximum atomic E-state index is 6.68. The summed E-state index contributed by atoms with van der Waals surface area (Å²) < 4.78 is 0. The molecular formula is C15H32N2. The van der Waals surface area contributed by atoms with Gasteiger partial charge in [-0.1, -0.05) is 40.5 Å². The number of likely N-dealkylation sites (tertiary alicyclic amines) is 1. The van der Waals surface area contributed by atoms with Gasteiger partial charge < -0.3 is 5.73 Å². The Kier molecular flexibility index (Phi) is 5.94. The standard InChI is InChI=1S/C15H32N2/c1-5-13(6-2)14(16)15(7-3,8-4)17-11-9-10-12-17/h13-14H,5-12,16H2,1-4H3. The van der Waals surface area contributed by atoms with Gasteiger partial charge in [0.25, 0.3) is 0 Å². The van der Waals surface area contributed by atoms with Crippen LogP contribution >= 0.6 is 0 Å². The van der Waals surface area contributed by atoms with Crippen LogP contribution in [0, 0.1) is 5.92 Å². The van der Waals surface area contributed by atoms with Gasteiger partial charge in [-0.25, -0.2) is 0 Å². The molecule has 17 heavy (non-hydrogen) atoms. The van der Waals surface area contributed by atoms with E-state index in [2.05, 4.69) is 32.6 Å². The Labute approximate surface area is 108 Å². The number of nitrogens with two attached hydrogens (primary N) is 1. The van der Waals surface area contributed by atoms with Gasteiger partial charge in [-0.2, -0.15) is 0 Å². The predicted octanol–water partition coefficient (Wildman–Crippen LogP) is 3.40. The summed E-state index contributed by atoms with van der Waals surface area (Å²) in [5, 5.41) is 0. The first-order chi connectivity index (χ1) is 8.16. The zero-order valence-corrected chi connectivity index (χ0v) is 12.3. The number of nitrogens with zero attached hydrogens (tertiary/aromatic N) is 1. The first kappa shape index (κ1) is 15.0. The average molecular weight is 240 g/mol. The second-order valence-corrected chi connectivity index (χ2v) is 5.61. The van der Waals surface area contributed by atoms with Crippen LogP contribution in [0.1, 0.15) is 66.2 Å². The van der Waals surface area contributed by atoms with Gasteiger partial charge in [0.2, 0.25) is 0 Å². The molecule has 2 nitrogen and oxygen atoms in total. The Balaban J connectivity index is 2.88. The third-order valence-electron chi connectivity index (χ3n) is 5.14. The number of hydrogen-bond donors (Lipinski definition) is 1. The Morgan fingerprint density at radius 3 is 1.82 bits per heavy atom. The van der Waals surface area contributed by atoms with Gasteiger partial charge in [0.1, 0.15) is 0 Å². The molecule has 1 fully saturated rings. The van der Waals surface area contributed by atoms with Crippen LogP contribution in [-0.2, 0) is 0 Å². The monoisotopic (exact) mass is 240 g/mol. The summed E-state index contributed by atoms with van der Waals surface area (Å²) >= 11 is 0. The summed E-state index contributed by atoms with van der Waals surface area (Å²) in [4.78, 5) is 2.69. The molecule has 0 aliphatic carbocycles. The van der Waals surface area contributed by atoms with Gasteiger partial charge in [0, 0.05) is 11.6 Å². The molecule has 1 atom stereocenters. The van der Waals surface area contributed by atoms with E-state index in [4.69, 9.17) is 5.73 Å². The van der Waals surface area contributed by atoms with E-state index in [0.29, 0.717) is 12.0 Å². The second-order valence-electron chi connectivity index (χ2n) is 5.61. The van der Waals surface area contributed by atoms with Gasteiger partial charge in [-0.3, -0.25) is 4.90 Å². The molecule has 1 unspecified atom stereocenters. The summed E-state index contributed by atoms with van der Waals surface area (Å²) in [5.74, 6) is 0.676. The normalized spacial score (nSPS) is 20.1. The smallest absolute Gasteiger partial charge is 0.0357 e. The SMILES string of the molecule is CCC(CC)C(N)C(CC)(CC)N1CCCC1. The van der Waals surface area contributed by atoms with Crippen LogP contribution in [0.3, 0.4) is 0 Å². The molecule has 0 amide bonds. The largest absolute Gasteiger partial charge is 0.326 e. The van der Waals surface area contributed by atoms with Crippen molar-refractivity contribution in [2.24, 2.45) is 11.7 Å². The molecular weight excluding hydrogens is 208 g/mol. The van der Waals surface area contributed by atoms with E-state index >= 15 is 0 Å². The molecule has 1 rings (SSSR count). The predicted molar refractivity (Wildman–Crippen MR) is 76.2 cm³/mol. The van der Waals surface area contributed by atoms with Crippen molar-refractivity contribution >= 4 is 0 Å². The number of hydrogen-bond acceptors (Lipinski definition) is 2. The highest BCUT2D eigenvalue weighted by atomic mass is 15.2. The topological polar surface area (TPSA) is 29.3 Å². The molecule has 0 saturated carbocycles. The van der Waals surface area contributed by atoms with Crippen LogP contribution in [0.25, 0.3) is 0 Å². The van der Waals surface area contributed by atoms with Gasteiger partial charge in [0.05, 0.1) is 0 Å². The molecule has 0 aromatic rings. The first-order valence-corrected chi connectivity index (χ1v) is 7.66. The fraction of sp³-hybridized carbons (Fsp3) is 1.00. The van der Waals surface area contributed by atoms with Crippen LogP contribution in [0.15, 0.2) is 0 Å². The fourth-order valence-corrected chi connectivity index (χ4v) is 3.78. The maximum Gasteiger partial charge on any atom is 0.0357 e. The molecule has 2 N–H and O–H groups in total. The molecule has 1 aliphatic heterocycles. The third-order valence-corrected chi connectivity index (χ3v) is 5.14. The van der Waals surface area contributed by atoms with Gasteiger partial charge in [0.15, 0.2) is 0 Å². The Morgan fingerprint density at radius 2 is 1.47 bits per heavy atom. The minimum absolute atomic E-state index is 0.257. The van der Waals surface area contributed by atoms with Gasteiger partial charge in [-0.05, 0) is 44.7 Å². The lowest BCUT2D eigenvalue weighted by Crippen LogP contribution is -2.61. The zero-order valence-electron chi connectivity index (χ0n) is 12.3. The highest BCUT2D eigenvalue weighted by Gasteiger charge is 2.42. The van der Waals surface area contributed by atoms with Crippen LogP contribution in [0.5, 0.6) is 0 Å². The molecule has 1 heterocycles. The van der Waals surface area contributed by atoms with Crippen LogP contribution in [0.4, 0.5) is 0 Å². The Bertz CT molecular complexity index is 201. The highest BCUT2D eigenvalue weighted by molar-refractivity contribution is 5.01. The van der Waals surface area contributed by atoms with E-state index in [1.165, 1.54) is 51.6 Å². The summed E-state index contributed by atoms with van der Waals surface area (Å²) in [6.07, 6.45) is 7.54. The van der Waals surface area contributed by atoms with Crippen LogP contribution in [0.2, 0.25) is 0 Å². The number of rotatable bonds is 7. The van der Waals surface area contributed by atoms with Gasteiger partial charge >= 0.3 is 0 Å². The Morgan fingerprint density at radius 1 is 1.00 bits per heavy atom. The van der Waals surface area contributed by atoms with Crippen molar-refractivity contribution in [3.05, 3.63) is 0 Å². The van der Waals surface area contributed by atoms with Crippen molar-refractivity contribution < 1.29 is 0 Å². The van der Waals surface area contributed by atoms with Crippen LogP contribution < -0.4 is 5.73 Å². The summed E-state index contributed by atoms with van der Waals surface area (Å²) in [5.41, 5.74) is 6.93. The van der Waals surface area contributed by atoms with Crippen molar-refractivity contribution in [1.29, 1.82) is 0 Å². The van der Waals surface area contributed by atoms with Crippen molar-refractivity contribution in [2.75, 3.05) is 13.1 Å². The van der Waals surface area contributed by atoms with Crippen molar-refractivity contribution in [2.45, 2.75) is 77.8 Å². The van der Waals surface area contributed by atoms with E-state index in [9.17, 15) is 0 Å². The van der Waals surface area contributed by atoms with E-state index in [1.54, 1.807) is 0 Å². The minimum Gasteiger partial charge on any atom is -0.326 e. The molecule has 2 heteroatoms. The summed E-state index contributed by atoms with van der Waals surface area (Å²) in [7, 11) is 0. The minimum atomic E-state index is 0.257. The second kappa shape index (κ2) is 6.75. The maximum absolute atomic E-state index is 6.68. The molecule has 1 aliphatic rings. The van der Waals surface area contributed by atoms with E-state index < -0.39 is 0 Å². The van der Waals surface area contributed by atoms with E-state index in [1.807, 2.05) is 0 Å². The molecule has 0 bridgehead atoms. The summed E-state index contributed by atoms with van der Waals surface area (Å²) in [6.45, 7) is 11.7. The van der Waals surface area contributed by atoms with E-state index in [0.717, 1.165) is 0 Å². The van der Waals surface area contributed by atoms with E-state index in [-0.39, 0.29) is 5.54 Å². The molecule has 1 saturated heterocycles. The quantitative estimate of drug-likeness (QED) is 0.739. The zero-order chi connectivity index (χ0) is 12.9. The van der Waals surface area contributed by atoms with Crippen molar-refractivity contribution in [3.8, 4) is 0 Å². The lowest BCUT2D eigenvalue weighted by Gasteiger charge is -2.48. The lowest BCUT2D eigenvalue weighted by atomic mass is 9.75. The van der Waals surface area contributed by atoms with Crippen LogP contribution in [-0.4, -0.2) is 29.6 Å². The molecule has 0 aromatic carbocycles. The molecule has 0 spiro atoms. The fourth-order valence-electron chi connectivity index (χ4n) is 3.78. The molecule has 0 aromatic heterocycles. The molecule has 0 radical (unpaired) electrons. The van der Waals surface area contributed by atoms with Crippen molar-refractivity contribution in [3.63, 3.8) is 0 Å². The van der Waals surface area contributed by atoms with Gasteiger partial charge in [-0.15, -0.1) is 0 Å².